The molecular formula is C26H27FN4O2S. The first-order valence-corrected chi connectivity index (χ1v) is 13.3. The van der Waals surface area contributed by atoms with Crippen LogP contribution >= 0.6 is 0 Å². The van der Waals surface area contributed by atoms with Crippen molar-refractivity contribution < 1.29 is 12.8 Å². The Morgan fingerprint density at radius 2 is 1.79 bits per heavy atom. The topological polar surface area (TPSA) is 86.9 Å². The van der Waals surface area contributed by atoms with Crippen LogP contribution < -0.4 is 10.6 Å². The summed E-state index contributed by atoms with van der Waals surface area (Å²) >= 11 is 0. The Labute approximate surface area is 198 Å². The summed E-state index contributed by atoms with van der Waals surface area (Å²) in [6.07, 6.45) is 5.04. The molecule has 1 fully saturated rings. The maximum Gasteiger partial charge on any atom is 0.175 e. The van der Waals surface area contributed by atoms with Crippen molar-refractivity contribution >= 4 is 26.6 Å². The number of hydrogen-bond acceptors (Lipinski definition) is 5. The molecule has 6 nitrogen and oxygen atoms in total. The van der Waals surface area contributed by atoms with Crippen LogP contribution in [0.15, 0.2) is 65.7 Å². The van der Waals surface area contributed by atoms with Crippen molar-refractivity contribution in [2.45, 2.75) is 30.2 Å². The van der Waals surface area contributed by atoms with E-state index >= 15 is 0 Å². The zero-order valence-corrected chi connectivity index (χ0v) is 19.8. The third kappa shape index (κ3) is 4.69. The van der Waals surface area contributed by atoms with E-state index in [2.05, 4.69) is 26.7 Å². The van der Waals surface area contributed by atoms with E-state index in [4.69, 9.17) is 0 Å². The molecule has 0 aliphatic carbocycles. The van der Waals surface area contributed by atoms with E-state index in [0.29, 0.717) is 18.0 Å². The van der Waals surface area contributed by atoms with Gasteiger partial charge in [-0.1, -0.05) is 12.1 Å². The molecule has 1 aliphatic heterocycles. The van der Waals surface area contributed by atoms with E-state index < -0.39 is 9.84 Å². The lowest BCUT2D eigenvalue weighted by atomic mass is 9.94. The van der Waals surface area contributed by atoms with Crippen LogP contribution in [0.25, 0.3) is 22.2 Å². The monoisotopic (exact) mass is 478 g/mol. The molecule has 2 aromatic carbocycles. The predicted octanol–water partition coefficient (Wildman–Crippen LogP) is 4.85. The summed E-state index contributed by atoms with van der Waals surface area (Å²) in [5.74, 6) is 0.162. The van der Waals surface area contributed by atoms with Gasteiger partial charge in [0.2, 0.25) is 0 Å². The maximum atomic E-state index is 14.9. The number of hydrogen-bond donors (Lipinski definition) is 3. The molecule has 0 radical (unpaired) electrons. The molecule has 0 bridgehead atoms. The molecule has 2 aromatic heterocycles. The number of halogens is 1. The largest absolute Gasteiger partial charge is 0.381 e. The standard InChI is InChI=1S/C26H27FN4O2S/c1-34(32,33)20-5-2-17(3-6-20)16-30-19-4-7-24(27)22(14-19)21-10-13-29-26-23(21)15-25(31-26)18-8-11-28-12-9-18/h2-7,10,13-15,18,28,30H,8-9,11-12,16H2,1H3,(H,29,31). The lowest BCUT2D eigenvalue weighted by Crippen LogP contribution is -2.26. The van der Waals surface area contributed by atoms with Crippen LogP contribution in [0.3, 0.4) is 0 Å². The molecular weight excluding hydrogens is 451 g/mol. The molecule has 0 saturated carbocycles. The van der Waals surface area contributed by atoms with Crippen LogP contribution in [0.1, 0.15) is 30.0 Å². The average molecular weight is 479 g/mol. The second-order valence-electron chi connectivity index (χ2n) is 8.83. The minimum absolute atomic E-state index is 0.289. The first-order valence-electron chi connectivity index (χ1n) is 11.4. The Balaban J connectivity index is 1.41. The smallest absolute Gasteiger partial charge is 0.175 e. The van der Waals surface area contributed by atoms with Gasteiger partial charge in [-0.05, 0) is 79.5 Å². The van der Waals surface area contributed by atoms with Crippen molar-refractivity contribution in [2.24, 2.45) is 0 Å². The minimum Gasteiger partial charge on any atom is -0.381 e. The van der Waals surface area contributed by atoms with Crippen molar-refractivity contribution in [3.63, 3.8) is 0 Å². The summed E-state index contributed by atoms with van der Waals surface area (Å²) < 4.78 is 38.2. The third-order valence-corrected chi connectivity index (χ3v) is 7.56. The molecule has 0 unspecified atom stereocenters. The van der Waals surface area contributed by atoms with Crippen LogP contribution in [-0.4, -0.2) is 37.7 Å². The van der Waals surface area contributed by atoms with Gasteiger partial charge in [-0.15, -0.1) is 0 Å². The number of fused-ring (bicyclic) bond motifs is 1. The molecule has 176 valence electrons. The van der Waals surface area contributed by atoms with Gasteiger partial charge in [0.1, 0.15) is 11.5 Å². The van der Waals surface area contributed by atoms with E-state index in [1.54, 1.807) is 36.5 Å². The van der Waals surface area contributed by atoms with Crippen molar-refractivity contribution in [3.8, 4) is 11.1 Å². The summed E-state index contributed by atoms with van der Waals surface area (Å²) in [6, 6.07) is 15.7. The lowest BCUT2D eigenvalue weighted by molar-refractivity contribution is 0.455. The zero-order valence-electron chi connectivity index (χ0n) is 18.9. The van der Waals surface area contributed by atoms with Crippen LogP contribution in [0, 0.1) is 5.82 Å². The Kier molecular flexibility index (Phi) is 6.10. The average Bonchev–Trinajstić information content (AvgIpc) is 3.29. The molecule has 0 atom stereocenters. The molecule has 1 aliphatic rings. The Morgan fingerprint density at radius 1 is 1.03 bits per heavy atom. The fourth-order valence-corrected chi connectivity index (χ4v) is 5.17. The first kappa shape index (κ1) is 22.6. The normalized spacial score (nSPS) is 15.0. The van der Waals surface area contributed by atoms with Gasteiger partial charge in [0.25, 0.3) is 0 Å². The van der Waals surface area contributed by atoms with Gasteiger partial charge < -0.3 is 15.6 Å². The number of nitrogens with one attached hydrogen (secondary N) is 3. The summed E-state index contributed by atoms with van der Waals surface area (Å²) in [5, 5.41) is 7.62. The highest BCUT2D eigenvalue weighted by Crippen LogP contribution is 2.34. The van der Waals surface area contributed by atoms with Crippen LogP contribution in [0.4, 0.5) is 10.1 Å². The molecule has 34 heavy (non-hydrogen) atoms. The van der Waals surface area contributed by atoms with Crippen LogP contribution in [0.5, 0.6) is 0 Å². The second-order valence-corrected chi connectivity index (χ2v) is 10.8. The van der Waals surface area contributed by atoms with E-state index in [1.165, 1.54) is 12.3 Å². The maximum absolute atomic E-state index is 14.9. The minimum atomic E-state index is -3.22. The van der Waals surface area contributed by atoms with Gasteiger partial charge in [-0.3, -0.25) is 0 Å². The lowest BCUT2D eigenvalue weighted by Gasteiger charge is -2.21. The van der Waals surface area contributed by atoms with Crippen molar-refractivity contribution in [1.29, 1.82) is 0 Å². The van der Waals surface area contributed by atoms with Crippen LogP contribution in [0.2, 0.25) is 0 Å². The highest BCUT2D eigenvalue weighted by molar-refractivity contribution is 7.90. The van der Waals surface area contributed by atoms with Crippen LogP contribution in [-0.2, 0) is 16.4 Å². The molecule has 3 heterocycles. The van der Waals surface area contributed by atoms with Gasteiger partial charge in [-0.25, -0.2) is 17.8 Å². The number of piperidine rings is 1. The third-order valence-electron chi connectivity index (χ3n) is 6.44. The van der Waals surface area contributed by atoms with E-state index in [1.807, 2.05) is 12.1 Å². The van der Waals surface area contributed by atoms with Gasteiger partial charge in [0.15, 0.2) is 9.84 Å². The Bertz CT molecular complexity index is 1430. The number of nitrogens with zero attached hydrogens (tertiary/aromatic N) is 1. The molecule has 4 aromatic rings. The van der Waals surface area contributed by atoms with Gasteiger partial charge in [0, 0.05) is 47.2 Å². The van der Waals surface area contributed by atoms with E-state index in [-0.39, 0.29) is 10.7 Å². The van der Waals surface area contributed by atoms with Gasteiger partial charge in [-0.2, -0.15) is 0 Å². The number of pyridine rings is 1. The van der Waals surface area contributed by atoms with Crippen molar-refractivity contribution in [3.05, 3.63) is 77.9 Å². The Morgan fingerprint density at radius 3 is 2.53 bits per heavy atom. The quantitative estimate of drug-likeness (QED) is 0.369. The summed E-state index contributed by atoms with van der Waals surface area (Å²) in [7, 11) is -3.22. The molecule has 0 amide bonds. The Hall–Kier alpha value is -3.23. The first-order chi connectivity index (χ1) is 16.4. The summed E-state index contributed by atoms with van der Waals surface area (Å²) in [4.78, 5) is 8.22. The van der Waals surface area contributed by atoms with E-state index in [9.17, 15) is 12.8 Å². The zero-order chi connectivity index (χ0) is 23.7. The number of rotatable bonds is 6. The van der Waals surface area contributed by atoms with Crippen molar-refractivity contribution in [2.75, 3.05) is 24.7 Å². The number of benzene rings is 2. The fourth-order valence-electron chi connectivity index (χ4n) is 4.54. The number of aromatic nitrogens is 2. The van der Waals surface area contributed by atoms with E-state index in [0.717, 1.165) is 59.5 Å². The number of sulfone groups is 1. The summed E-state index contributed by atoms with van der Waals surface area (Å²) in [6.45, 7) is 2.49. The summed E-state index contributed by atoms with van der Waals surface area (Å²) in [5.41, 5.74) is 4.96. The van der Waals surface area contributed by atoms with Gasteiger partial charge >= 0.3 is 0 Å². The molecule has 5 rings (SSSR count). The molecule has 8 heteroatoms. The fraction of sp³-hybridized carbons (Fsp3) is 0.269. The van der Waals surface area contributed by atoms with Gasteiger partial charge in [0.05, 0.1) is 4.90 Å². The molecule has 1 saturated heterocycles. The molecule has 3 N–H and O–H groups in total. The van der Waals surface area contributed by atoms with Crippen molar-refractivity contribution in [1.82, 2.24) is 15.3 Å². The number of anilines is 1. The number of H-pyrrole nitrogens is 1. The number of aromatic amines is 1. The SMILES string of the molecule is CS(=O)(=O)c1ccc(CNc2ccc(F)c(-c3ccnc4[nH]c(C5CCNCC5)cc34)c2)cc1. The second kappa shape index (κ2) is 9.19. The highest BCUT2D eigenvalue weighted by atomic mass is 32.2. The molecule has 0 spiro atoms. The predicted molar refractivity (Wildman–Crippen MR) is 133 cm³/mol. The highest BCUT2D eigenvalue weighted by Gasteiger charge is 2.19.